The molecule has 1 amide bonds. The van der Waals surface area contributed by atoms with Crippen molar-refractivity contribution in [3.05, 3.63) is 34.8 Å². The fourth-order valence-corrected chi connectivity index (χ4v) is 4.59. The molecule has 0 fully saturated rings. The molecule has 0 radical (unpaired) electrons. The summed E-state index contributed by atoms with van der Waals surface area (Å²) in [4.78, 5) is 12.1. The van der Waals surface area contributed by atoms with Gasteiger partial charge in [0.15, 0.2) is 0 Å². The van der Waals surface area contributed by atoms with E-state index in [1.54, 1.807) is 30.1 Å². The van der Waals surface area contributed by atoms with Crippen LogP contribution in [0.25, 0.3) is 0 Å². The van der Waals surface area contributed by atoms with Crippen LogP contribution >= 0.6 is 11.3 Å². The Balaban J connectivity index is 2.15. The van der Waals surface area contributed by atoms with Gasteiger partial charge in [-0.25, -0.2) is 8.42 Å². The average Bonchev–Trinajstić information content (AvgIpc) is 3.18. The number of carbonyl (C=O) groups is 1. The summed E-state index contributed by atoms with van der Waals surface area (Å²) in [5.41, 5.74) is 0. The first-order chi connectivity index (χ1) is 10.5. The van der Waals surface area contributed by atoms with E-state index < -0.39 is 10.0 Å². The molecule has 0 unspecified atom stereocenters. The lowest BCUT2D eigenvalue weighted by molar-refractivity contribution is 0.0967. The Morgan fingerprint density at radius 1 is 1.50 bits per heavy atom. The van der Waals surface area contributed by atoms with Gasteiger partial charge in [-0.15, -0.1) is 11.3 Å². The lowest BCUT2D eigenvalue weighted by Gasteiger charge is -2.19. The van der Waals surface area contributed by atoms with Gasteiger partial charge >= 0.3 is 0 Å². The van der Waals surface area contributed by atoms with E-state index in [0.29, 0.717) is 24.5 Å². The van der Waals surface area contributed by atoms with Crippen molar-refractivity contribution < 1.29 is 13.2 Å². The molecule has 0 aliphatic carbocycles. The van der Waals surface area contributed by atoms with E-state index in [1.807, 2.05) is 0 Å². The zero-order valence-corrected chi connectivity index (χ0v) is 14.0. The van der Waals surface area contributed by atoms with Gasteiger partial charge in [-0.1, -0.05) is 6.92 Å². The van der Waals surface area contributed by atoms with Crippen LogP contribution in [0.5, 0.6) is 0 Å². The average molecular weight is 342 g/mol. The Bertz CT molecular complexity index is 722. The van der Waals surface area contributed by atoms with Crippen LogP contribution in [0.15, 0.2) is 34.8 Å². The molecule has 0 atom stereocenters. The van der Waals surface area contributed by atoms with E-state index in [4.69, 9.17) is 0 Å². The molecule has 0 aromatic carbocycles. The third-order valence-electron chi connectivity index (χ3n) is 3.15. The molecule has 0 saturated heterocycles. The monoisotopic (exact) mass is 342 g/mol. The third-order valence-corrected chi connectivity index (χ3v) is 6.18. The van der Waals surface area contributed by atoms with Crippen LogP contribution in [0.3, 0.4) is 0 Å². The standard InChI is InChI=1S/C13H18N4O3S2/c1-3-17(8-7-16-6-4-5-15-16)22(19,20)11-9-12(21-10-11)13(18)14-2/h4-6,9-10H,3,7-8H2,1-2H3,(H,14,18). The molecule has 0 bridgehead atoms. The first kappa shape index (κ1) is 16.7. The molecule has 7 nitrogen and oxygen atoms in total. The van der Waals surface area contributed by atoms with Gasteiger partial charge in [0.05, 0.1) is 16.3 Å². The molecule has 2 rings (SSSR count). The van der Waals surface area contributed by atoms with Crippen LogP contribution in [0.4, 0.5) is 0 Å². The van der Waals surface area contributed by atoms with Crippen LogP contribution in [0.2, 0.25) is 0 Å². The van der Waals surface area contributed by atoms with E-state index in [9.17, 15) is 13.2 Å². The van der Waals surface area contributed by atoms with Crippen molar-refractivity contribution in [2.45, 2.75) is 18.4 Å². The number of amides is 1. The predicted molar refractivity (Wildman–Crippen MR) is 84.4 cm³/mol. The highest BCUT2D eigenvalue weighted by Gasteiger charge is 2.25. The van der Waals surface area contributed by atoms with Crippen molar-refractivity contribution in [1.82, 2.24) is 19.4 Å². The molecular formula is C13H18N4O3S2. The maximum absolute atomic E-state index is 12.6. The Morgan fingerprint density at radius 3 is 2.86 bits per heavy atom. The van der Waals surface area contributed by atoms with E-state index in [1.165, 1.54) is 22.8 Å². The van der Waals surface area contributed by atoms with Gasteiger partial charge in [-0.2, -0.15) is 9.40 Å². The van der Waals surface area contributed by atoms with Crippen LogP contribution in [-0.4, -0.2) is 48.5 Å². The van der Waals surface area contributed by atoms with Crippen LogP contribution in [-0.2, 0) is 16.6 Å². The van der Waals surface area contributed by atoms with E-state index >= 15 is 0 Å². The number of sulfonamides is 1. The molecule has 2 aromatic heterocycles. The van der Waals surface area contributed by atoms with Crippen LogP contribution < -0.4 is 5.32 Å². The van der Waals surface area contributed by atoms with Crippen molar-refractivity contribution in [1.29, 1.82) is 0 Å². The molecule has 22 heavy (non-hydrogen) atoms. The molecule has 0 aliphatic rings. The minimum Gasteiger partial charge on any atom is -0.354 e. The Hall–Kier alpha value is -1.71. The van der Waals surface area contributed by atoms with Crippen LogP contribution in [0, 0.1) is 0 Å². The third kappa shape index (κ3) is 3.54. The molecule has 9 heteroatoms. The van der Waals surface area contributed by atoms with Crippen molar-refractivity contribution in [3.8, 4) is 0 Å². The number of aromatic nitrogens is 2. The smallest absolute Gasteiger partial charge is 0.261 e. The number of carbonyl (C=O) groups excluding carboxylic acids is 1. The zero-order chi connectivity index (χ0) is 16.2. The summed E-state index contributed by atoms with van der Waals surface area (Å²) in [6.07, 6.45) is 3.44. The molecular weight excluding hydrogens is 324 g/mol. The van der Waals surface area contributed by atoms with Gasteiger partial charge < -0.3 is 5.32 Å². The zero-order valence-electron chi connectivity index (χ0n) is 12.4. The fraction of sp³-hybridized carbons (Fsp3) is 0.385. The number of likely N-dealkylation sites (N-methyl/N-ethyl adjacent to an activating group) is 1. The minimum atomic E-state index is -3.60. The molecule has 2 aromatic rings. The predicted octanol–water partition coefficient (Wildman–Crippen LogP) is 1.02. The number of thiophene rings is 1. The van der Waals surface area contributed by atoms with Gasteiger partial charge in [0.1, 0.15) is 0 Å². The van der Waals surface area contributed by atoms with Gasteiger partial charge in [0.25, 0.3) is 5.91 Å². The molecule has 0 aliphatic heterocycles. The summed E-state index contributed by atoms with van der Waals surface area (Å²) < 4.78 is 28.3. The quantitative estimate of drug-likeness (QED) is 0.814. The van der Waals surface area contributed by atoms with Crippen LogP contribution in [0.1, 0.15) is 16.6 Å². The van der Waals surface area contributed by atoms with E-state index in [2.05, 4.69) is 10.4 Å². The number of nitrogens with zero attached hydrogens (tertiary/aromatic N) is 3. The van der Waals surface area contributed by atoms with Crippen molar-refractivity contribution >= 4 is 27.3 Å². The second-order valence-electron chi connectivity index (χ2n) is 4.49. The summed E-state index contributed by atoms with van der Waals surface area (Å²) in [5.74, 6) is -0.286. The van der Waals surface area contributed by atoms with Gasteiger partial charge in [-0.05, 0) is 12.1 Å². The summed E-state index contributed by atoms with van der Waals surface area (Å²) in [6, 6.07) is 3.20. The summed E-state index contributed by atoms with van der Waals surface area (Å²) in [7, 11) is -2.09. The van der Waals surface area contributed by atoms with Crippen molar-refractivity contribution in [2.75, 3.05) is 20.1 Å². The molecule has 2 heterocycles. The topological polar surface area (TPSA) is 84.3 Å². The maximum atomic E-state index is 12.6. The first-order valence-electron chi connectivity index (χ1n) is 6.77. The van der Waals surface area contributed by atoms with Gasteiger partial charge in [-0.3, -0.25) is 9.48 Å². The minimum absolute atomic E-state index is 0.151. The number of rotatable bonds is 7. The summed E-state index contributed by atoms with van der Waals surface area (Å²) in [5, 5.41) is 8.04. The Labute approximate surface area is 133 Å². The second kappa shape index (κ2) is 7.03. The highest BCUT2D eigenvalue weighted by Crippen LogP contribution is 2.22. The lowest BCUT2D eigenvalue weighted by Crippen LogP contribution is -2.33. The maximum Gasteiger partial charge on any atom is 0.261 e. The van der Waals surface area contributed by atoms with E-state index in [0.717, 1.165) is 11.3 Å². The number of hydrogen-bond donors (Lipinski definition) is 1. The second-order valence-corrected chi connectivity index (χ2v) is 7.34. The SMILES string of the molecule is CCN(CCn1cccn1)S(=O)(=O)c1csc(C(=O)NC)c1. The van der Waals surface area contributed by atoms with Crippen molar-refractivity contribution in [3.63, 3.8) is 0 Å². The summed E-state index contributed by atoms with van der Waals surface area (Å²) in [6.45, 7) is 2.94. The van der Waals surface area contributed by atoms with Gasteiger partial charge in [0, 0.05) is 37.9 Å². The number of hydrogen-bond acceptors (Lipinski definition) is 5. The van der Waals surface area contributed by atoms with Crippen molar-refractivity contribution in [2.24, 2.45) is 0 Å². The highest BCUT2D eigenvalue weighted by molar-refractivity contribution is 7.89. The normalized spacial score (nSPS) is 11.8. The number of nitrogens with one attached hydrogen (secondary N) is 1. The highest BCUT2D eigenvalue weighted by atomic mass is 32.2. The fourth-order valence-electron chi connectivity index (χ4n) is 1.94. The molecule has 0 spiro atoms. The van der Waals surface area contributed by atoms with E-state index in [-0.39, 0.29) is 10.8 Å². The molecule has 120 valence electrons. The Kier molecular flexibility index (Phi) is 5.33. The first-order valence-corrected chi connectivity index (χ1v) is 9.09. The molecule has 0 saturated carbocycles. The Morgan fingerprint density at radius 2 is 2.27 bits per heavy atom. The molecule has 1 N–H and O–H groups in total. The largest absolute Gasteiger partial charge is 0.354 e. The summed E-state index contributed by atoms with van der Waals surface area (Å²) >= 11 is 1.12. The van der Waals surface area contributed by atoms with Gasteiger partial charge in [0.2, 0.25) is 10.0 Å². The lowest BCUT2D eigenvalue weighted by atomic mass is 10.4.